The van der Waals surface area contributed by atoms with Gasteiger partial charge in [-0.25, -0.2) is 0 Å². The summed E-state index contributed by atoms with van der Waals surface area (Å²) < 4.78 is 9.90. The van der Waals surface area contributed by atoms with E-state index in [1.54, 1.807) is 14.0 Å². The molecule has 0 saturated carbocycles. The molecule has 0 aliphatic rings. The van der Waals surface area contributed by atoms with Crippen LogP contribution in [0.15, 0.2) is 0 Å². The van der Waals surface area contributed by atoms with Gasteiger partial charge in [-0.15, -0.1) is 0 Å². The molecule has 4 nitrogen and oxygen atoms in total. The summed E-state index contributed by atoms with van der Waals surface area (Å²) in [6.07, 6.45) is 0. The van der Waals surface area contributed by atoms with E-state index in [0.29, 0.717) is 19.8 Å². The van der Waals surface area contributed by atoms with Gasteiger partial charge < -0.3 is 14.8 Å². The lowest BCUT2D eigenvalue weighted by atomic mass is 10.3. The zero-order chi connectivity index (χ0) is 9.40. The summed E-state index contributed by atoms with van der Waals surface area (Å²) in [7, 11) is 1.71. The van der Waals surface area contributed by atoms with Crippen molar-refractivity contribution in [2.75, 3.05) is 26.9 Å². The smallest absolute Gasteiger partial charge is 0.325 e. The predicted octanol–water partition coefficient (Wildman–Crippen LogP) is 0.174. The highest BCUT2D eigenvalue weighted by Gasteiger charge is 2.16. The molecule has 72 valence electrons. The molecule has 1 atom stereocenters. The van der Waals surface area contributed by atoms with E-state index < -0.39 is 0 Å². The summed E-state index contributed by atoms with van der Waals surface area (Å²) >= 11 is 0. The fraction of sp³-hybridized carbons (Fsp3) is 0.875. The molecule has 0 radical (unpaired) electrons. The molecule has 0 aromatic rings. The van der Waals surface area contributed by atoms with E-state index in [4.69, 9.17) is 9.47 Å². The average molecular weight is 175 g/mol. The SMILES string of the molecule is CCOC[C@H](NC)C(=O)OCC. The Morgan fingerprint density at radius 2 is 2.08 bits per heavy atom. The Balaban J connectivity index is 3.71. The number of hydrogen-bond acceptors (Lipinski definition) is 4. The van der Waals surface area contributed by atoms with Crippen LogP contribution in [0.3, 0.4) is 0 Å². The van der Waals surface area contributed by atoms with Crippen molar-refractivity contribution in [1.82, 2.24) is 5.32 Å². The zero-order valence-corrected chi connectivity index (χ0v) is 7.92. The first kappa shape index (κ1) is 11.4. The van der Waals surface area contributed by atoms with Gasteiger partial charge in [-0.2, -0.15) is 0 Å². The van der Waals surface area contributed by atoms with Crippen LogP contribution in [0.25, 0.3) is 0 Å². The first-order valence-electron chi connectivity index (χ1n) is 4.17. The molecule has 0 aromatic carbocycles. The highest BCUT2D eigenvalue weighted by Crippen LogP contribution is 1.90. The van der Waals surface area contributed by atoms with Crippen LogP contribution in [0, 0.1) is 0 Å². The van der Waals surface area contributed by atoms with Crippen molar-refractivity contribution in [3.8, 4) is 0 Å². The van der Waals surface area contributed by atoms with E-state index >= 15 is 0 Å². The van der Waals surface area contributed by atoms with E-state index in [0.717, 1.165) is 0 Å². The molecule has 0 spiro atoms. The first-order chi connectivity index (χ1) is 5.76. The lowest BCUT2D eigenvalue weighted by Crippen LogP contribution is -2.39. The second-order valence-corrected chi connectivity index (χ2v) is 2.25. The molecular formula is C8H17NO3. The number of nitrogens with one attached hydrogen (secondary N) is 1. The van der Waals surface area contributed by atoms with Gasteiger partial charge in [-0.3, -0.25) is 4.79 Å². The molecule has 0 aliphatic heterocycles. The number of likely N-dealkylation sites (N-methyl/N-ethyl adjacent to an activating group) is 1. The van der Waals surface area contributed by atoms with Crippen LogP contribution in [0.1, 0.15) is 13.8 Å². The van der Waals surface area contributed by atoms with Crippen LogP contribution >= 0.6 is 0 Å². The standard InChI is InChI=1S/C8H17NO3/c1-4-11-6-7(9-3)8(10)12-5-2/h7,9H,4-6H2,1-3H3/t7-/m0/s1. The van der Waals surface area contributed by atoms with Crippen LogP contribution in [0.2, 0.25) is 0 Å². The van der Waals surface area contributed by atoms with Crippen LogP contribution in [0.5, 0.6) is 0 Å². The van der Waals surface area contributed by atoms with Crippen LogP contribution in [-0.4, -0.2) is 38.9 Å². The summed E-state index contributed by atoms with van der Waals surface area (Å²) in [5.74, 6) is -0.256. The van der Waals surface area contributed by atoms with Crippen molar-refractivity contribution in [1.29, 1.82) is 0 Å². The summed E-state index contributed by atoms with van der Waals surface area (Å²) in [5, 5.41) is 2.82. The van der Waals surface area contributed by atoms with Gasteiger partial charge in [0, 0.05) is 6.61 Å². The molecule has 0 bridgehead atoms. The van der Waals surface area contributed by atoms with Gasteiger partial charge in [-0.1, -0.05) is 0 Å². The molecule has 0 fully saturated rings. The third-order valence-electron chi connectivity index (χ3n) is 1.41. The fourth-order valence-electron chi connectivity index (χ4n) is 0.748. The maximum atomic E-state index is 11.1. The molecule has 4 heteroatoms. The Labute approximate surface area is 73.2 Å². The van der Waals surface area contributed by atoms with Gasteiger partial charge in [-0.05, 0) is 20.9 Å². The Morgan fingerprint density at radius 1 is 1.42 bits per heavy atom. The second kappa shape index (κ2) is 7.06. The largest absolute Gasteiger partial charge is 0.465 e. The molecule has 0 aromatic heterocycles. The average Bonchev–Trinajstić information content (AvgIpc) is 2.06. The van der Waals surface area contributed by atoms with Gasteiger partial charge in [0.25, 0.3) is 0 Å². The highest BCUT2D eigenvalue weighted by atomic mass is 16.5. The Kier molecular flexibility index (Phi) is 6.70. The monoisotopic (exact) mass is 175 g/mol. The van der Waals surface area contributed by atoms with E-state index in [1.165, 1.54) is 0 Å². The molecule has 0 rings (SSSR count). The minimum absolute atomic E-state index is 0.256. The maximum absolute atomic E-state index is 11.1. The van der Waals surface area contributed by atoms with Gasteiger partial charge >= 0.3 is 5.97 Å². The van der Waals surface area contributed by atoms with Crippen LogP contribution < -0.4 is 5.32 Å². The van der Waals surface area contributed by atoms with Gasteiger partial charge in [0.15, 0.2) is 0 Å². The van der Waals surface area contributed by atoms with Crippen molar-refractivity contribution >= 4 is 5.97 Å². The van der Waals surface area contributed by atoms with Crippen molar-refractivity contribution in [2.45, 2.75) is 19.9 Å². The number of ether oxygens (including phenoxy) is 2. The molecule has 12 heavy (non-hydrogen) atoms. The molecule has 0 unspecified atom stereocenters. The van der Waals surface area contributed by atoms with Crippen LogP contribution in [0.4, 0.5) is 0 Å². The number of carbonyl (C=O) groups is 1. The molecule has 1 N–H and O–H groups in total. The van der Waals surface area contributed by atoms with Crippen molar-refractivity contribution < 1.29 is 14.3 Å². The summed E-state index contributed by atoms with van der Waals surface area (Å²) in [6.45, 7) is 5.05. The van der Waals surface area contributed by atoms with E-state index in [1.807, 2.05) is 6.92 Å². The van der Waals surface area contributed by atoms with Crippen molar-refractivity contribution in [2.24, 2.45) is 0 Å². The maximum Gasteiger partial charge on any atom is 0.325 e. The zero-order valence-electron chi connectivity index (χ0n) is 7.92. The Bertz CT molecular complexity index is 127. The third kappa shape index (κ3) is 4.31. The Hall–Kier alpha value is -0.610. The molecular weight excluding hydrogens is 158 g/mol. The first-order valence-corrected chi connectivity index (χ1v) is 4.17. The molecule has 0 aliphatic carbocycles. The van der Waals surface area contributed by atoms with Gasteiger partial charge in [0.05, 0.1) is 13.2 Å². The van der Waals surface area contributed by atoms with Gasteiger partial charge in [0.2, 0.25) is 0 Å². The number of esters is 1. The van der Waals surface area contributed by atoms with E-state index in [2.05, 4.69) is 5.32 Å². The molecule has 0 heterocycles. The second-order valence-electron chi connectivity index (χ2n) is 2.25. The normalized spacial score (nSPS) is 12.6. The topological polar surface area (TPSA) is 47.6 Å². The van der Waals surface area contributed by atoms with E-state index in [9.17, 15) is 4.79 Å². The minimum Gasteiger partial charge on any atom is -0.465 e. The quantitative estimate of drug-likeness (QED) is 0.585. The number of rotatable bonds is 6. The summed E-state index contributed by atoms with van der Waals surface area (Å²) in [4.78, 5) is 11.1. The fourth-order valence-corrected chi connectivity index (χ4v) is 0.748. The lowest BCUT2D eigenvalue weighted by molar-refractivity contribution is -0.147. The molecule has 0 amide bonds. The summed E-state index contributed by atoms with van der Waals surface area (Å²) in [6, 6.07) is -0.343. The lowest BCUT2D eigenvalue weighted by Gasteiger charge is -2.13. The van der Waals surface area contributed by atoms with Crippen molar-refractivity contribution in [3.05, 3.63) is 0 Å². The van der Waals surface area contributed by atoms with Gasteiger partial charge in [0.1, 0.15) is 6.04 Å². The summed E-state index contributed by atoms with van der Waals surface area (Å²) in [5.41, 5.74) is 0. The number of carbonyl (C=O) groups excluding carboxylic acids is 1. The molecule has 0 saturated heterocycles. The minimum atomic E-state index is -0.343. The number of hydrogen-bond donors (Lipinski definition) is 1. The Morgan fingerprint density at radius 3 is 2.50 bits per heavy atom. The van der Waals surface area contributed by atoms with E-state index in [-0.39, 0.29) is 12.0 Å². The third-order valence-corrected chi connectivity index (χ3v) is 1.41. The van der Waals surface area contributed by atoms with Crippen molar-refractivity contribution in [3.63, 3.8) is 0 Å². The predicted molar refractivity (Wildman–Crippen MR) is 46.0 cm³/mol. The van der Waals surface area contributed by atoms with Crippen LogP contribution in [-0.2, 0) is 14.3 Å². The highest BCUT2D eigenvalue weighted by molar-refractivity contribution is 5.75.